The molecule has 0 fully saturated rings. The molecule has 1 aromatic rings. The molecule has 1 amide bonds. The Kier molecular flexibility index (Phi) is 5.31. The van der Waals surface area contributed by atoms with E-state index in [4.69, 9.17) is 5.11 Å². The second-order valence-corrected chi connectivity index (χ2v) is 4.81. The molecule has 100 valence electrons. The van der Waals surface area contributed by atoms with Crippen molar-refractivity contribution >= 4 is 5.91 Å². The highest BCUT2D eigenvalue weighted by Crippen LogP contribution is 2.11. The predicted molar refractivity (Wildman–Crippen MR) is 72.1 cm³/mol. The molecule has 0 aromatic heterocycles. The molecule has 18 heavy (non-hydrogen) atoms. The van der Waals surface area contributed by atoms with Crippen LogP contribution in [0.4, 0.5) is 0 Å². The molecule has 0 radical (unpaired) electrons. The number of nitrogens with one attached hydrogen (secondary N) is 1. The third kappa shape index (κ3) is 3.82. The number of hydrogen-bond donors (Lipinski definition) is 2. The van der Waals surface area contributed by atoms with Gasteiger partial charge in [0.25, 0.3) is 0 Å². The molecule has 0 bridgehead atoms. The summed E-state index contributed by atoms with van der Waals surface area (Å²) in [5.41, 5.74) is 0.440. The van der Waals surface area contributed by atoms with Gasteiger partial charge in [-0.25, -0.2) is 0 Å². The van der Waals surface area contributed by atoms with Crippen LogP contribution >= 0.6 is 0 Å². The third-order valence-electron chi connectivity index (χ3n) is 3.03. The van der Waals surface area contributed by atoms with Crippen molar-refractivity contribution in [3.05, 3.63) is 35.9 Å². The highest BCUT2D eigenvalue weighted by molar-refractivity contribution is 5.85. The first-order valence-corrected chi connectivity index (χ1v) is 6.14. The molecule has 0 saturated carbocycles. The van der Waals surface area contributed by atoms with E-state index in [0.717, 1.165) is 5.56 Å². The van der Waals surface area contributed by atoms with Gasteiger partial charge in [0, 0.05) is 13.1 Å². The van der Waals surface area contributed by atoms with Crippen LogP contribution in [0.15, 0.2) is 30.3 Å². The van der Waals surface area contributed by atoms with E-state index < -0.39 is 5.54 Å². The summed E-state index contributed by atoms with van der Waals surface area (Å²) in [4.78, 5) is 14.0. The van der Waals surface area contributed by atoms with Gasteiger partial charge >= 0.3 is 0 Å². The van der Waals surface area contributed by atoms with E-state index in [0.29, 0.717) is 13.1 Å². The lowest BCUT2D eigenvalue weighted by Gasteiger charge is -2.31. The number of carbonyl (C=O) groups excluding carboxylic acids is 1. The Labute approximate surface area is 109 Å². The maximum atomic E-state index is 12.3. The molecule has 0 aliphatic heterocycles. The molecule has 0 spiro atoms. The van der Waals surface area contributed by atoms with E-state index in [2.05, 4.69) is 5.32 Å². The van der Waals surface area contributed by atoms with Crippen LogP contribution in [-0.2, 0) is 11.3 Å². The molecular weight excluding hydrogens is 228 g/mol. The summed E-state index contributed by atoms with van der Waals surface area (Å²) < 4.78 is 0. The molecule has 4 heteroatoms. The van der Waals surface area contributed by atoms with Crippen molar-refractivity contribution in [3.63, 3.8) is 0 Å². The summed E-state index contributed by atoms with van der Waals surface area (Å²) in [5, 5.41) is 12.1. The quantitative estimate of drug-likeness (QED) is 0.792. The Balaban J connectivity index is 2.80. The van der Waals surface area contributed by atoms with Gasteiger partial charge in [0.2, 0.25) is 5.91 Å². The summed E-state index contributed by atoms with van der Waals surface area (Å²) in [5.74, 6) is -0.0112. The second-order valence-electron chi connectivity index (χ2n) is 4.81. The number of aliphatic hydroxyl groups excluding tert-OH is 1. The minimum absolute atomic E-state index is 0.0112. The highest BCUT2D eigenvalue weighted by atomic mass is 16.3. The largest absolute Gasteiger partial charge is 0.395 e. The number of aliphatic hydroxyl groups is 1. The Morgan fingerprint density at radius 2 is 1.94 bits per heavy atom. The average molecular weight is 250 g/mol. The van der Waals surface area contributed by atoms with Gasteiger partial charge in [-0.3, -0.25) is 4.79 Å². The molecule has 0 atom stereocenters. The number of benzene rings is 1. The van der Waals surface area contributed by atoms with Crippen LogP contribution in [0.3, 0.4) is 0 Å². The molecule has 1 rings (SSSR count). The number of amides is 1. The molecule has 0 aliphatic carbocycles. The number of likely N-dealkylation sites (N-methyl/N-ethyl adjacent to an activating group) is 1. The minimum atomic E-state index is -0.621. The van der Waals surface area contributed by atoms with E-state index in [1.807, 2.05) is 44.2 Å². The summed E-state index contributed by atoms with van der Waals surface area (Å²) in [6, 6.07) is 9.79. The van der Waals surface area contributed by atoms with Crippen molar-refractivity contribution in [2.24, 2.45) is 0 Å². The van der Waals surface area contributed by atoms with Crippen LogP contribution in [0.1, 0.15) is 19.4 Å². The zero-order chi connectivity index (χ0) is 13.6. The van der Waals surface area contributed by atoms with Crippen molar-refractivity contribution < 1.29 is 9.90 Å². The molecule has 0 aliphatic rings. The monoisotopic (exact) mass is 250 g/mol. The maximum Gasteiger partial charge on any atom is 0.242 e. The van der Waals surface area contributed by atoms with Crippen molar-refractivity contribution in [3.8, 4) is 0 Å². The first-order chi connectivity index (χ1) is 8.51. The first kappa shape index (κ1) is 14.7. The standard InChI is InChI=1S/C14H22N2O2/c1-14(2,15-3)13(18)16(9-10-17)11-12-7-5-4-6-8-12/h4-8,15,17H,9-11H2,1-3H3. The summed E-state index contributed by atoms with van der Waals surface area (Å²) >= 11 is 0. The number of carbonyl (C=O) groups is 1. The van der Waals surface area contributed by atoms with E-state index in [1.165, 1.54) is 0 Å². The van der Waals surface area contributed by atoms with Crippen molar-refractivity contribution in [1.82, 2.24) is 10.2 Å². The normalized spacial score (nSPS) is 11.3. The Hall–Kier alpha value is -1.39. The second kappa shape index (κ2) is 6.52. The number of hydrogen-bond acceptors (Lipinski definition) is 3. The molecule has 4 nitrogen and oxygen atoms in total. The Bertz CT molecular complexity index is 377. The molecule has 1 aromatic carbocycles. The molecule has 0 heterocycles. The first-order valence-electron chi connectivity index (χ1n) is 6.14. The van der Waals surface area contributed by atoms with Crippen LogP contribution in [0, 0.1) is 0 Å². The lowest BCUT2D eigenvalue weighted by molar-refractivity contribution is -0.138. The van der Waals surface area contributed by atoms with E-state index in [9.17, 15) is 4.79 Å². The van der Waals surface area contributed by atoms with Gasteiger partial charge in [-0.1, -0.05) is 30.3 Å². The van der Waals surface area contributed by atoms with Crippen LogP contribution in [0.2, 0.25) is 0 Å². The number of nitrogens with zero attached hydrogens (tertiary/aromatic N) is 1. The molecule has 0 unspecified atom stereocenters. The average Bonchev–Trinajstić information content (AvgIpc) is 2.38. The van der Waals surface area contributed by atoms with E-state index in [-0.39, 0.29) is 12.5 Å². The van der Waals surface area contributed by atoms with Gasteiger partial charge in [-0.05, 0) is 26.5 Å². The smallest absolute Gasteiger partial charge is 0.242 e. The van der Waals surface area contributed by atoms with Crippen LogP contribution in [-0.4, -0.2) is 41.7 Å². The number of rotatable bonds is 6. The van der Waals surface area contributed by atoms with E-state index in [1.54, 1.807) is 11.9 Å². The predicted octanol–water partition coefficient (Wildman–Crippen LogP) is 1.01. The van der Waals surface area contributed by atoms with Gasteiger partial charge in [-0.15, -0.1) is 0 Å². The van der Waals surface area contributed by atoms with Crippen LogP contribution in [0.25, 0.3) is 0 Å². The van der Waals surface area contributed by atoms with Crippen LogP contribution in [0.5, 0.6) is 0 Å². The summed E-state index contributed by atoms with van der Waals surface area (Å²) in [7, 11) is 1.76. The Morgan fingerprint density at radius 1 is 1.33 bits per heavy atom. The Morgan fingerprint density at radius 3 is 2.44 bits per heavy atom. The van der Waals surface area contributed by atoms with Gasteiger partial charge in [-0.2, -0.15) is 0 Å². The lowest BCUT2D eigenvalue weighted by Crippen LogP contribution is -2.53. The van der Waals surface area contributed by atoms with Gasteiger partial charge in [0.1, 0.15) is 0 Å². The zero-order valence-electron chi connectivity index (χ0n) is 11.3. The van der Waals surface area contributed by atoms with Gasteiger partial charge in [0.05, 0.1) is 12.1 Å². The van der Waals surface area contributed by atoms with Gasteiger partial charge in [0.15, 0.2) is 0 Å². The highest BCUT2D eigenvalue weighted by Gasteiger charge is 2.29. The summed E-state index contributed by atoms with van der Waals surface area (Å²) in [6.07, 6.45) is 0. The zero-order valence-corrected chi connectivity index (χ0v) is 11.3. The molecule has 2 N–H and O–H groups in total. The van der Waals surface area contributed by atoms with Gasteiger partial charge < -0.3 is 15.3 Å². The molecular formula is C14H22N2O2. The fraction of sp³-hybridized carbons (Fsp3) is 0.500. The molecule has 0 saturated heterocycles. The van der Waals surface area contributed by atoms with Crippen molar-refractivity contribution in [2.45, 2.75) is 25.9 Å². The van der Waals surface area contributed by atoms with Crippen molar-refractivity contribution in [2.75, 3.05) is 20.2 Å². The SMILES string of the molecule is CNC(C)(C)C(=O)N(CCO)Cc1ccccc1. The van der Waals surface area contributed by atoms with Crippen LogP contribution < -0.4 is 5.32 Å². The van der Waals surface area contributed by atoms with E-state index >= 15 is 0 Å². The minimum Gasteiger partial charge on any atom is -0.395 e. The van der Waals surface area contributed by atoms with Crippen molar-refractivity contribution in [1.29, 1.82) is 0 Å². The summed E-state index contributed by atoms with van der Waals surface area (Å²) in [6.45, 7) is 4.51. The lowest BCUT2D eigenvalue weighted by atomic mass is 10.0. The third-order valence-corrected chi connectivity index (χ3v) is 3.03. The maximum absolute atomic E-state index is 12.3. The fourth-order valence-corrected chi connectivity index (χ4v) is 1.68. The fourth-order valence-electron chi connectivity index (χ4n) is 1.68. The topological polar surface area (TPSA) is 52.6 Å².